The van der Waals surface area contributed by atoms with E-state index in [0.29, 0.717) is 17.3 Å². The van der Waals surface area contributed by atoms with Crippen LogP contribution in [-0.4, -0.2) is 15.5 Å². The van der Waals surface area contributed by atoms with E-state index in [1.807, 2.05) is 12.1 Å². The van der Waals surface area contributed by atoms with Gasteiger partial charge in [0.05, 0.1) is 12.0 Å². The molecule has 0 atom stereocenters. The molecule has 3 N–H and O–H groups in total. The van der Waals surface area contributed by atoms with Gasteiger partial charge < -0.3 is 10.1 Å². The summed E-state index contributed by atoms with van der Waals surface area (Å²) in [5.41, 5.74) is 1.58. The Morgan fingerprint density at radius 1 is 1.19 bits per heavy atom. The molecule has 0 saturated carbocycles. The number of nitrogens with one attached hydrogen (secondary N) is 1. The van der Waals surface area contributed by atoms with E-state index in [0.717, 1.165) is 11.3 Å². The Morgan fingerprint density at radius 3 is 2.43 bits per heavy atom. The normalized spacial score (nSPS) is 11.2. The van der Waals surface area contributed by atoms with Crippen molar-refractivity contribution in [1.82, 2.24) is 0 Å². The molecule has 0 amide bonds. The quantitative estimate of drug-likeness (QED) is 0.885. The molecular formula is C14H15ClN2O3S. The van der Waals surface area contributed by atoms with Crippen LogP contribution in [0.3, 0.4) is 0 Å². The molecule has 0 aliphatic carbocycles. The lowest BCUT2D eigenvalue weighted by atomic mass is 10.2. The van der Waals surface area contributed by atoms with E-state index >= 15 is 0 Å². The minimum Gasteiger partial charge on any atom is -0.496 e. The van der Waals surface area contributed by atoms with Crippen LogP contribution in [0.25, 0.3) is 0 Å². The predicted molar refractivity (Wildman–Crippen MR) is 83.1 cm³/mol. The molecule has 2 aromatic rings. The van der Waals surface area contributed by atoms with Gasteiger partial charge in [-0.05, 0) is 36.4 Å². The third-order valence-electron chi connectivity index (χ3n) is 2.95. The minimum absolute atomic E-state index is 0.0726. The van der Waals surface area contributed by atoms with Gasteiger partial charge in [0.15, 0.2) is 0 Å². The number of ether oxygens (including phenoxy) is 1. The van der Waals surface area contributed by atoms with Gasteiger partial charge >= 0.3 is 0 Å². The molecule has 0 aromatic heterocycles. The van der Waals surface area contributed by atoms with Crippen LogP contribution in [0.5, 0.6) is 5.75 Å². The van der Waals surface area contributed by atoms with Gasteiger partial charge in [0.2, 0.25) is 10.0 Å². The maximum atomic E-state index is 11.2. The predicted octanol–water partition coefficient (Wildman–Crippen LogP) is 2.61. The summed E-state index contributed by atoms with van der Waals surface area (Å²) in [5.74, 6) is 0.691. The molecule has 0 radical (unpaired) electrons. The zero-order chi connectivity index (χ0) is 15.5. The highest BCUT2D eigenvalue weighted by Crippen LogP contribution is 2.27. The third kappa shape index (κ3) is 3.87. The monoisotopic (exact) mass is 326 g/mol. The summed E-state index contributed by atoms with van der Waals surface area (Å²) in [6.07, 6.45) is 0. The number of halogens is 1. The van der Waals surface area contributed by atoms with E-state index in [9.17, 15) is 8.42 Å². The lowest BCUT2D eigenvalue weighted by Crippen LogP contribution is -2.12. The summed E-state index contributed by atoms with van der Waals surface area (Å²) in [5, 5.41) is 8.80. The average Bonchev–Trinajstić information content (AvgIpc) is 2.45. The van der Waals surface area contributed by atoms with Crippen LogP contribution in [0.4, 0.5) is 5.69 Å². The Balaban J connectivity index is 2.14. The SMILES string of the molecule is COc1cccc(Cl)c1CNc1ccc(S(N)(=O)=O)cc1. The van der Waals surface area contributed by atoms with Crippen LogP contribution in [0, 0.1) is 0 Å². The first-order chi connectivity index (χ1) is 9.91. The molecular weight excluding hydrogens is 312 g/mol. The van der Waals surface area contributed by atoms with Crippen molar-refractivity contribution in [3.63, 3.8) is 0 Å². The second-order valence-corrected chi connectivity index (χ2v) is 6.31. The summed E-state index contributed by atoms with van der Waals surface area (Å²) in [4.78, 5) is 0.0726. The fourth-order valence-corrected chi connectivity index (χ4v) is 2.60. The molecule has 0 aliphatic rings. The molecule has 5 nitrogen and oxygen atoms in total. The van der Waals surface area contributed by atoms with Crippen molar-refractivity contribution < 1.29 is 13.2 Å². The number of rotatable bonds is 5. The lowest BCUT2D eigenvalue weighted by Gasteiger charge is -2.12. The van der Waals surface area contributed by atoms with Gasteiger partial charge in [-0.1, -0.05) is 17.7 Å². The topological polar surface area (TPSA) is 81.4 Å². The summed E-state index contributed by atoms with van der Waals surface area (Å²) in [6, 6.07) is 11.6. The largest absolute Gasteiger partial charge is 0.496 e. The fraction of sp³-hybridized carbons (Fsp3) is 0.143. The molecule has 21 heavy (non-hydrogen) atoms. The summed E-state index contributed by atoms with van der Waals surface area (Å²) >= 11 is 6.14. The fourth-order valence-electron chi connectivity index (χ4n) is 1.85. The zero-order valence-electron chi connectivity index (χ0n) is 11.3. The van der Waals surface area contributed by atoms with Gasteiger partial charge in [-0.2, -0.15) is 0 Å². The number of sulfonamides is 1. The maximum Gasteiger partial charge on any atom is 0.238 e. The Morgan fingerprint density at radius 2 is 1.86 bits per heavy atom. The molecule has 0 fully saturated rings. The van der Waals surface area contributed by atoms with Gasteiger partial charge in [0, 0.05) is 22.8 Å². The van der Waals surface area contributed by atoms with Crippen molar-refractivity contribution in [3.05, 3.63) is 53.1 Å². The standard InChI is InChI=1S/C14H15ClN2O3S/c1-20-14-4-2-3-13(15)12(14)9-17-10-5-7-11(8-6-10)21(16,18)19/h2-8,17H,9H2,1H3,(H2,16,18,19). The first kappa shape index (κ1) is 15.6. The van der Waals surface area contributed by atoms with Crippen LogP contribution in [0.1, 0.15) is 5.56 Å². The molecule has 0 heterocycles. The zero-order valence-corrected chi connectivity index (χ0v) is 12.9. The number of benzene rings is 2. The van der Waals surface area contributed by atoms with Gasteiger partial charge in [-0.15, -0.1) is 0 Å². The molecule has 0 saturated heterocycles. The number of hydrogen-bond acceptors (Lipinski definition) is 4. The van der Waals surface area contributed by atoms with Crippen molar-refractivity contribution in [1.29, 1.82) is 0 Å². The second kappa shape index (κ2) is 6.34. The summed E-state index contributed by atoms with van der Waals surface area (Å²) < 4.78 is 27.6. The van der Waals surface area contributed by atoms with Crippen LogP contribution in [-0.2, 0) is 16.6 Å². The van der Waals surface area contributed by atoms with E-state index < -0.39 is 10.0 Å². The van der Waals surface area contributed by atoms with Gasteiger partial charge in [-0.3, -0.25) is 0 Å². The number of anilines is 1. The molecule has 0 aliphatic heterocycles. The molecule has 2 rings (SSSR count). The van der Waals surface area contributed by atoms with E-state index in [-0.39, 0.29) is 4.90 Å². The Hall–Kier alpha value is -1.76. The highest BCUT2D eigenvalue weighted by molar-refractivity contribution is 7.89. The van der Waals surface area contributed by atoms with Gasteiger partial charge in [0.1, 0.15) is 5.75 Å². The molecule has 0 spiro atoms. The maximum absolute atomic E-state index is 11.2. The molecule has 0 unspecified atom stereocenters. The number of hydrogen-bond donors (Lipinski definition) is 2. The molecule has 7 heteroatoms. The lowest BCUT2D eigenvalue weighted by molar-refractivity contribution is 0.410. The van der Waals surface area contributed by atoms with E-state index in [1.165, 1.54) is 12.1 Å². The van der Waals surface area contributed by atoms with Crippen molar-refractivity contribution in [2.75, 3.05) is 12.4 Å². The Bertz CT molecular complexity index is 730. The smallest absolute Gasteiger partial charge is 0.238 e. The van der Waals surface area contributed by atoms with E-state index in [1.54, 1.807) is 25.3 Å². The average molecular weight is 327 g/mol. The Kier molecular flexibility index (Phi) is 4.72. The van der Waals surface area contributed by atoms with Gasteiger partial charge in [0.25, 0.3) is 0 Å². The molecule has 2 aromatic carbocycles. The first-order valence-corrected chi connectivity index (χ1v) is 8.02. The van der Waals surface area contributed by atoms with Gasteiger partial charge in [-0.25, -0.2) is 13.6 Å². The van der Waals surface area contributed by atoms with Crippen LogP contribution < -0.4 is 15.2 Å². The third-order valence-corrected chi connectivity index (χ3v) is 4.23. The van der Waals surface area contributed by atoms with Crippen molar-refractivity contribution >= 4 is 27.3 Å². The van der Waals surface area contributed by atoms with Crippen molar-refractivity contribution in [2.45, 2.75) is 11.4 Å². The number of methoxy groups -OCH3 is 1. The first-order valence-electron chi connectivity index (χ1n) is 6.10. The minimum atomic E-state index is -3.67. The van der Waals surface area contributed by atoms with Crippen LogP contribution in [0.2, 0.25) is 5.02 Å². The van der Waals surface area contributed by atoms with Crippen molar-refractivity contribution in [2.24, 2.45) is 5.14 Å². The number of primary sulfonamides is 1. The Labute approximate surface area is 128 Å². The summed E-state index contributed by atoms with van der Waals surface area (Å²) in [6.45, 7) is 0.456. The van der Waals surface area contributed by atoms with Crippen LogP contribution >= 0.6 is 11.6 Å². The second-order valence-electron chi connectivity index (χ2n) is 4.34. The highest BCUT2D eigenvalue weighted by Gasteiger charge is 2.09. The summed E-state index contributed by atoms with van der Waals surface area (Å²) in [7, 11) is -2.09. The highest BCUT2D eigenvalue weighted by atomic mass is 35.5. The molecule has 112 valence electrons. The van der Waals surface area contributed by atoms with Crippen LogP contribution in [0.15, 0.2) is 47.4 Å². The number of nitrogens with two attached hydrogens (primary N) is 1. The van der Waals surface area contributed by atoms with E-state index in [2.05, 4.69) is 5.32 Å². The molecule has 0 bridgehead atoms. The van der Waals surface area contributed by atoms with Crippen molar-refractivity contribution in [3.8, 4) is 5.75 Å². The van der Waals surface area contributed by atoms with E-state index in [4.69, 9.17) is 21.5 Å².